The van der Waals surface area contributed by atoms with Crippen molar-refractivity contribution in [2.24, 2.45) is 0 Å². The molecule has 0 amide bonds. The zero-order valence-corrected chi connectivity index (χ0v) is 9.95. The van der Waals surface area contributed by atoms with E-state index in [1.54, 1.807) is 18.2 Å². The number of thioether (sulfide) groups is 1. The van der Waals surface area contributed by atoms with Crippen LogP contribution in [-0.4, -0.2) is 29.0 Å². The van der Waals surface area contributed by atoms with Gasteiger partial charge in [-0.25, -0.2) is 0 Å². The summed E-state index contributed by atoms with van der Waals surface area (Å²) in [4.78, 5) is 10.4. The second kappa shape index (κ2) is 5.65. The molecule has 0 radical (unpaired) electrons. The first-order valence-electron chi connectivity index (χ1n) is 4.75. The van der Waals surface area contributed by atoms with Crippen molar-refractivity contribution in [3.05, 3.63) is 23.8 Å². The molecule has 0 saturated carbocycles. The van der Waals surface area contributed by atoms with E-state index in [2.05, 4.69) is 0 Å². The Morgan fingerprint density at radius 2 is 2.25 bits per heavy atom. The highest BCUT2D eigenvalue weighted by molar-refractivity contribution is 8.00. The van der Waals surface area contributed by atoms with Crippen LogP contribution in [0.2, 0.25) is 0 Å². The molecule has 0 unspecified atom stereocenters. The number of carboxylic acids is 1. The van der Waals surface area contributed by atoms with Gasteiger partial charge in [0, 0.05) is 5.25 Å². The van der Waals surface area contributed by atoms with Crippen molar-refractivity contribution >= 4 is 17.7 Å². The molecule has 1 rings (SSSR count). The molecule has 88 valence electrons. The van der Waals surface area contributed by atoms with Crippen LogP contribution in [0.3, 0.4) is 0 Å². The van der Waals surface area contributed by atoms with Gasteiger partial charge in [0.1, 0.15) is 0 Å². The predicted octanol–water partition coefficient (Wildman–Crippen LogP) is 2.28. The molecule has 0 bridgehead atoms. The Kier molecular flexibility index (Phi) is 4.49. The fraction of sp³-hybridized carbons (Fsp3) is 0.364. The second-order valence-corrected chi connectivity index (χ2v) is 4.61. The van der Waals surface area contributed by atoms with Gasteiger partial charge >= 0.3 is 5.97 Å². The summed E-state index contributed by atoms with van der Waals surface area (Å²) in [6, 6.07) is 5.03. The van der Waals surface area contributed by atoms with Crippen LogP contribution in [-0.2, 0) is 4.79 Å². The normalized spacial score (nSPS) is 12.1. The van der Waals surface area contributed by atoms with Gasteiger partial charge in [-0.3, -0.25) is 4.79 Å². The maximum atomic E-state index is 10.4. The lowest BCUT2D eigenvalue weighted by Gasteiger charge is -2.12. The van der Waals surface area contributed by atoms with E-state index in [9.17, 15) is 9.90 Å². The lowest BCUT2D eigenvalue weighted by Crippen LogP contribution is -2.00. The number of carbonyl (C=O) groups is 1. The van der Waals surface area contributed by atoms with E-state index in [4.69, 9.17) is 9.84 Å². The van der Waals surface area contributed by atoms with E-state index in [1.165, 1.54) is 18.9 Å². The third kappa shape index (κ3) is 3.34. The number of hydrogen-bond donors (Lipinski definition) is 2. The summed E-state index contributed by atoms with van der Waals surface area (Å²) >= 11 is 1.33. The molecule has 1 aromatic rings. The highest BCUT2D eigenvalue weighted by Crippen LogP contribution is 2.34. The number of carboxylic acid groups (broad SMARTS) is 1. The van der Waals surface area contributed by atoms with Crippen LogP contribution in [0.4, 0.5) is 0 Å². The molecule has 0 spiro atoms. The minimum absolute atomic E-state index is 0.0469. The smallest absolute Gasteiger partial charge is 0.313 e. The number of phenolic OH excluding ortho intramolecular Hbond substituents is 1. The molecule has 5 heteroatoms. The average molecular weight is 242 g/mol. The summed E-state index contributed by atoms with van der Waals surface area (Å²) in [5, 5.41) is 18.0. The SMILES string of the molecule is COc1cc([C@@H](C)SCC(=O)O)ccc1O. The third-order valence-corrected chi connectivity index (χ3v) is 3.32. The zero-order valence-electron chi connectivity index (χ0n) is 9.14. The minimum atomic E-state index is -0.831. The Morgan fingerprint density at radius 1 is 1.56 bits per heavy atom. The molecule has 0 aliphatic rings. The van der Waals surface area contributed by atoms with Crippen LogP contribution in [0.15, 0.2) is 18.2 Å². The maximum absolute atomic E-state index is 10.4. The van der Waals surface area contributed by atoms with Crippen molar-refractivity contribution in [1.82, 2.24) is 0 Å². The van der Waals surface area contributed by atoms with Crippen LogP contribution >= 0.6 is 11.8 Å². The number of methoxy groups -OCH3 is 1. The minimum Gasteiger partial charge on any atom is -0.504 e. The molecule has 1 atom stereocenters. The van der Waals surface area contributed by atoms with Gasteiger partial charge in [-0.05, 0) is 24.6 Å². The lowest BCUT2D eigenvalue weighted by molar-refractivity contribution is -0.133. The second-order valence-electron chi connectivity index (χ2n) is 3.28. The molecule has 16 heavy (non-hydrogen) atoms. The Labute approximate surface area is 98.2 Å². The largest absolute Gasteiger partial charge is 0.504 e. The Bertz CT molecular complexity index is 378. The molecule has 0 fully saturated rings. The first-order valence-corrected chi connectivity index (χ1v) is 5.79. The molecular weight excluding hydrogens is 228 g/mol. The number of ether oxygens (including phenoxy) is 1. The molecular formula is C11H14O4S. The monoisotopic (exact) mass is 242 g/mol. The standard InChI is InChI=1S/C11H14O4S/c1-7(16-6-11(13)14)8-3-4-9(12)10(5-8)15-2/h3-5,7,12H,6H2,1-2H3,(H,13,14)/t7-/m1/s1. The first kappa shape index (κ1) is 12.7. The lowest BCUT2D eigenvalue weighted by atomic mass is 10.1. The van der Waals surface area contributed by atoms with E-state index in [1.807, 2.05) is 6.92 Å². The molecule has 4 nitrogen and oxygen atoms in total. The summed E-state index contributed by atoms with van der Waals surface area (Å²) in [5.74, 6) is -0.283. The van der Waals surface area contributed by atoms with Crippen molar-refractivity contribution in [2.45, 2.75) is 12.2 Å². The maximum Gasteiger partial charge on any atom is 0.313 e. The van der Waals surface area contributed by atoms with Gasteiger partial charge in [-0.15, -0.1) is 11.8 Å². The van der Waals surface area contributed by atoms with Crippen molar-refractivity contribution in [3.63, 3.8) is 0 Å². The van der Waals surface area contributed by atoms with Crippen LogP contribution in [0.25, 0.3) is 0 Å². The van der Waals surface area contributed by atoms with E-state index in [0.717, 1.165) is 5.56 Å². The van der Waals surface area contributed by atoms with Gasteiger partial charge in [0.2, 0.25) is 0 Å². The van der Waals surface area contributed by atoms with E-state index < -0.39 is 5.97 Å². The third-order valence-electron chi connectivity index (χ3n) is 2.13. The highest BCUT2D eigenvalue weighted by atomic mass is 32.2. The number of hydrogen-bond acceptors (Lipinski definition) is 4. The van der Waals surface area contributed by atoms with Crippen molar-refractivity contribution in [2.75, 3.05) is 12.9 Å². The summed E-state index contributed by atoms with van der Waals surface area (Å²) in [5.41, 5.74) is 0.931. The summed E-state index contributed by atoms with van der Waals surface area (Å²) < 4.78 is 4.99. The Morgan fingerprint density at radius 3 is 2.81 bits per heavy atom. The topological polar surface area (TPSA) is 66.8 Å². The summed E-state index contributed by atoms with van der Waals surface area (Å²) in [6.07, 6.45) is 0. The number of benzene rings is 1. The zero-order chi connectivity index (χ0) is 12.1. The van der Waals surface area contributed by atoms with Gasteiger partial charge < -0.3 is 14.9 Å². The molecule has 2 N–H and O–H groups in total. The molecule has 0 heterocycles. The van der Waals surface area contributed by atoms with Gasteiger partial charge in [0.05, 0.1) is 12.9 Å². The van der Waals surface area contributed by atoms with Crippen molar-refractivity contribution in [1.29, 1.82) is 0 Å². The molecule has 0 aromatic heterocycles. The van der Waals surface area contributed by atoms with E-state index >= 15 is 0 Å². The Hall–Kier alpha value is -1.36. The van der Waals surface area contributed by atoms with E-state index in [0.29, 0.717) is 5.75 Å². The average Bonchev–Trinajstić information content (AvgIpc) is 2.26. The number of aromatic hydroxyl groups is 1. The molecule has 0 aliphatic heterocycles. The molecule has 0 saturated heterocycles. The van der Waals surface area contributed by atoms with Crippen LogP contribution < -0.4 is 4.74 Å². The highest BCUT2D eigenvalue weighted by Gasteiger charge is 2.11. The fourth-order valence-electron chi connectivity index (χ4n) is 1.24. The Balaban J connectivity index is 2.75. The number of aliphatic carboxylic acids is 1. The number of phenols is 1. The van der Waals surface area contributed by atoms with Crippen molar-refractivity contribution < 1.29 is 19.7 Å². The molecule has 1 aromatic carbocycles. The van der Waals surface area contributed by atoms with Crippen LogP contribution in [0, 0.1) is 0 Å². The fourth-order valence-corrected chi connectivity index (χ4v) is 1.97. The molecule has 0 aliphatic carbocycles. The summed E-state index contributed by atoms with van der Waals surface area (Å²) in [7, 11) is 1.48. The first-order chi connectivity index (χ1) is 7.54. The van der Waals surface area contributed by atoms with Crippen LogP contribution in [0.1, 0.15) is 17.7 Å². The quantitative estimate of drug-likeness (QED) is 0.829. The van der Waals surface area contributed by atoms with Crippen LogP contribution in [0.5, 0.6) is 11.5 Å². The van der Waals surface area contributed by atoms with Gasteiger partial charge in [-0.1, -0.05) is 6.07 Å². The van der Waals surface area contributed by atoms with Gasteiger partial charge in [0.25, 0.3) is 0 Å². The van der Waals surface area contributed by atoms with Gasteiger partial charge in [0.15, 0.2) is 11.5 Å². The predicted molar refractivity (Wildman–Crippen MR) is 63.2 cm³/mol. The van der Waals surface area contributed by atoms with E-state index in [-0.39, 0.29) is 16.8 Å². The summed E-state index contributed by atoms with van der Waals surface area (Å²) in [6.45, 7) is 1.92. The van der Waals surface area contributed by atoms with Gasteiger partial charge in [-0.2, -0.15) is 0 Å². The number of rotatable bonds is 5. The van der Waals surface area contributed by atoms with Crippen molar-refractivity contribution in [3.8, 4) is 11.5 Å².